The van der Waals surface area contributed by atoms with Gasteiger partial charge in [0.15, 0.2) is 0 Å². The molecule has 23 heavy (non-hydrogen) atoms. The van der Waals surface area contributed by atoms with Crippen LogP contribution in [0.1, 0.15) is 63.0 Å². The molecule has 0 bridgehead atoms. The standard InChI is InChI=1S/C22H29N/c1-4-22(2,3)23-19-15-20(17-11-7-5-8-12-17)21(16-19)18-13-9-6-10-14-18/h5-14,19-21,23H,4,15-16H2,1-3H3. The summed E-state index contributed by atoms with van der Waals surface area (Å²) in [6.45, 7) is 6.91. The summed E-state index contributed by atoms with van der Waals surface area (Å²) >= 11 is 0. The molecule has 2 unspecified atom stereocenters. The van der Waals surface area contributed by atoms with Gasteiger partial charge in [0.05, 0.1) is 0 Å². The van der Waals surface area contributed by atoms with E-state index in [9.17, 15) is 0 Å². The normalized spacial score (nSPS) is 24.7. The van der Waals surface area contributed by atoms with Gasteiger partial charge in [0, 0.05) is 11.6 Å². The van der Waals surface area contributed by atoms with Crippen molar-refractivity contribution in [3.05, 3.63) is 71.8 Å². The Morgan fingerprint density at radius 3 is 1.65 bits per heavy atom. The number of benzene rings is 2. The van der Waals surface area contributed by atoms with Crippen molar-refractivity contribution >= 4 is 0 Å². The average molecular weight is 307 g/mol. The molecule has 0 aromatic heterocycles. The molecular weight excluding hydrogens is 278 g/mol. The molecular formula is C22H29N. The number of nitrogens with one attached hydrogen (secondary N) is 1. The predicted molar refractivity (Wildman–Crippen MR) is 98.9 cm³/mol. The van der Waals surface area contributed by atoms with Crippen LogP contribution in [0.4, 0.5) is 0 Å². The highest BCUT2D eigenvalue weighted by Crippen LogP contribution is 2.46. The summed E-state index contributed by atoms with van der Waals surface area (Å²) < 4.78 is 0. The number of rotatable bonds is 5. The van der Waals surface area contributed by atoms with Gasteiger partial charge in [-0.2, -0.15) is 0 Å². The van der Waals surface area contributed by atoms with Gasteiger partial charge in [0.25, 0.3) is 0 Å². The van der Waals surface area contributed by atoms with Crippen LogP contribution in [-0.2, 0) is 0 Å². The Hall–Kier alpha value is -1.60. The van der Waals surface area contributed by atoms with E-state index in [1.54, 1.807) is 0 Å². The van der Waals surface area contributed by atoms with Gasteiger partial charge in [-0.3, -0.25) is 0 Å². The van der Waals surface area contributed by atoms with E-state index in [1.807, 2.05) is 0 Å². The van der Waals surface area contributed by atoms with E-state index in [2.05, 4.69) is 86.8 Å². The molecule has 0 aliphatic heterocycles. The van der Waals surface area contributed by atoms with Crippen LogP contribution in [0.25, 0.3) is 0 Å². The Bertz CT molecular complexity index is 555. The van der Waals surface area contributed by atoms with E-state index < -0.39 is 0 Å². The van der Waals surface area contributed by atoms with Crippen LogP contribution in [0.15, 0.2) is 60.7 Å². The molecule has 1 N–H and O–H groups in total. The molecule has 0 spiro atoms. The maximum Gasteiger partial charge on any atom is 0.0125 e. The highest BCUT2D eigenvalue weighted by atomic mass is 15.0. The lowest BCUT2D eigenvalue weighted by atomic mass is 9.84. The van der Waals surface area contributed by atoms with Gasteiger partial charge in [0.2, 0.25) is 0 Å². The van der Waals surface area contributed by atoms with Crippen LogP contribution in [0.2, 0.25) is 0 Å². The summed E-state index contributed by atoms with van der Waals surface area (Å²) in [4.78, 5) is 0. The van der Waals surface area contributed by atoms with Crippen molar-refractivity contribution < 1.29 is 0 Å². The van der Waals surface area contributed by atoms with Gasteiger partial charge in [-0.15, -0.1) is 0 Å². The van der Waals surface area contributed by atoms with Crippen molar-refractivity contribution in [2.24, 2.45) is 0 Å². The highest BCUT2D eigenvalue weighted by Gasteiger charge is 2.37. The average Bonchev–Trinajstić information content (AvgIpc) is 2.99. The third kappa shape index (κ3) is 3.84. The van der Waals surface area contributed by atoms with Crippen molar-refractivity contribution in [2.75, 3.05) is 0 Å². The summed E-state index contributed by atoms with van der Waals surface area (Å²) in [6, 6.07) is 22.7. The minimum atomic E-state index is 0.220. The second-order valence-corrected chi connectivity index (χ2v) is 7.58. The summed E-state index contributed by atoms with van der Waals surface area (Å²) in [5.74, 6) is 1.23. The Morgan fingerprint density at radius 1 is 0.826 bits per heavy atom. The quantitative estimate of drug-likeness (QED) is 0.769. The van der Waals surface area contributed by atoms with Gasteiger partial charge in [0.1, 0.15) is 0 Å². The van der Waals surface area contributed by atoms with Crippen LogP contribution in [0, 0.1) is 0 Å². The SMILES string of the molecule is CCC(C)(C)NC1CC(c2ccccc2)C(c2ccccc2)C1. The van der Waals surface area contributed by atoms with Gasteiger partial charge in [-0.1, -0.05) is 67.6 Å². The van der Waals surface area contributed by atoms with Gasteiger partial charge in [-0.05, 0) is 56.1 Å². The Balaban J connectivity index is 1.85. The zero-order valence-electron chi connectivity index (χ0n) is 14.6. The van der Waals surface area contributed by atoms with Crippen LogP contribution in [-0.4, -0.2) is 11.6 Å². The minimum absolute atomic E-state index is 0.220. The smallest absolute Gasteiger partial charge is 0.0125 e. The Kier molecular flexibility index (Phi) is 4.87. The lowest BCUT2D eigenvalue weighted by Gasteiger charge is -2.29. The second kappa shape index (κ2) is 6.88. The molecule has 2 aromatic carbocycles. The third-order valence-electron chi connectivity index (χ3n) is 5.50. The van der Waals surface area contributed by atoms with Gasteiger partial charge < -0.3 is 5.32 Å². The van der Waals surface area contributed by atoms with Crippen molar-refractivity contribution in [1.82, 2.24) is 5.32 Å². The summed E-state index contributed by atoms with van der Waals surface area (Å²) in [7, 11) is 0. The van der Waals surface area contributed by atoms with Crippen LogP contribution < -0.4 is 5.32 Å². The molecule has 122 valence electrons. The first kappa shape index (κ1) is 16.3. The molecule has 0 radical (unpaired) electrons. The van der Waals surface area contributed by atoms with Crippen molar-refractivity contribution in [1.29, 1.82) is 0 Å². The molecule has 1 aliphatic rings. The minimum Gasteiger partial charge on any atom is -0.309 e. The molecule has 3 rings (SSSR count). The third-order valence-corrected chi connectivity index (χ3v) is 5.50. The van der Waals surface area contributed by atoms with E-state index in [4.69, 9.17) is 0 Å². The fourth-order valence-corrected chi connectivity index (χ4v) is 3.95. The van der Waals surface area contributed by atoms with Gasteiger partial charge in [-0.25, -0.2) is 0 Å². The van der Waals surface area contributed by atoms with Crippen LogP contribution in [0.3, 0.4) is 0 Å². The topological polar surface area (TPSA) is 12.0 Å². The zero-order valence-corrected chi connectivity index (χ0v) is 14.6. The van der Waals surface area contributed by atoms with E-state index in [0.29, 0.717) is 17.9 Å². The number of hydrogen-bond acceptors (Lipinski definition) is 1. The molecule has 2 aromatic rings. The van der Waals surface area contributed by atoms with Crippen molar-refractivity contribution in [3.8, 4) is 0 Å². The van der Waals surface area contributed by atoms with Crippen molar-refractivity contribution in [2.45, 2.75) is 63.5 Å². The maximum absolute atomic E-state index is 3.90. The zero-order chi connectivity index (χ0) is 16.3. The molecule has 1 aliphatic carbocycles. The predicted octanol–water partition coefficient (Wildman–Crippen LogP) is 5.49. The van der Waals surface area contributed by atoms with E-state index >= 15 is 0 Å². The lowest BCUT2D eigenvalue weighted by Crippen LogP contribution is -2.44. The molecule has 1 heteroatoms. The second-order valence-electron chi connectivity index (χ2n) is 7.58. The first-order chi connectivity index (χ1) is 11.1. The lowest BCUT2D eigenvalue weighted by molar-refractivity contribution is 0.322. The van der Waals surface area contributed by atoms with E-state index in [1.165, 1.54) is 24.0 Å². The molecule has 2 atom stereocenters. The largest absolute Gasteiger partial charge is 0.309 e. The molecule has 0 heterocycles. The molecule has 1 saturated carbocycles. The first-order valence-corrected chi connectivity index (χ1v) is 8.96. The molecule has 0 saturated heterocycles. The van der Waals surface area contributed by atoms with Crippen LogP contribution >= 0.6 is 0 Å². The summed E-state index contributed by atoms with van der Waals surface area (Å²) in [5.41, 5.74) is 3.19. The van der Waals surface area contributed by atoms with Crippen LogP contribution in [0.5, 0.6) is 0 Å². The monoisotopic (exact) mass is 307 g/mol. The van der Waals surface area contributed by atoms with Crippen molar-refractivity contribution in [3.63, 3.8) is 0 Å². The maximum atomic E-state index is 3.90. The molecule has 0 amide bonds. The summed E-state index contributed by atoms with van der Waals surface area (Å²) in [5, 5.41) is 3.90. The van der Waals surface area contributed by atoms with E-state index in [-0.39, 0.29) is 5.54 Å². The fourth-order valence-electron chi connectivity index (χ4n) is 3.95. The Labute approximate surface area is 141 Å². The molecule has 1 fully saturated rings. The molecule has 1 nitrogen and oxygen atoms in total. The Morgan fingerprint density at radius 2 is 1.26 bits per heavy atom. The first-order valence-electron chi connectivity index (χ1n) is 8.96. The summed E-state index contributed by atoms with van der Waals surface area (Å²) in [6.07, 6.45) is 3.62. The van der Waals surface area contributed by atoms with Gasteiger partial charge >= 0.3 is 0 Å². The fraction of sp³-hybridized carbons (Fsp3) is 0.455. The highest BCUT2D eigenvalue weighted by molar-refractivity contribution is 5.31. The van der Waals surface area contributed by atoms with E-state index in [0.717, 1.165) is 6.42 Å². The number of hydrogen-bond donors (Lipinski definition) is 1.